The summed E-state index contributed by atoms with van der Waals surface area (Å²) in [6.07, 6.45) is -1.24. The van der Waals surface area contributed by atoms with E-state index in [4.69, 9.17) is 20.9 Å². The molecule has 1 aliphatic heterocycles. The molecule has 0 saturated carbocycles. The van der Waals surface area contributed by atoms with Crippen molar-refractivity contribution < 1.29 is 36.9 Å². The summed E-state index contributed by atoms with van der Waals surface area (Å²) in [7, 11) is -4.95. The fourth-order valence-electron chi connectivity index (χ4n) is 2.25. The predicted molar refractivity (Wildman–Crippen MR) is 108 cm³/mol. The Labute approximate surface area is 181 Å². The van der Waals surface area contributed by atoms with E-state index in [9.17, 15) is 22.8 Å². The van der Waals surface area contributed by atoms with E-state index >= 15 is 0 Å². The highest BCUT2D eigenvalue weighted by atomic mass is 127. The Morgan fingerprint density at radius 1 is 1.48 bits per heavy atom. The number of β-lactam (4-membered cyclic amide) rings is 1. The molecule has 14 nitrogen and oxygen atoms in total. The number of carbonyl (C=O) groups excluding carboxylic acids is 3. The first kappa shape index (κ1) is 23.0. The van der Waals surface area contributed by atoms with Gasteiger partial charge in [0.25, 0.3) is 11.8 Å². The molecule has 0 bridgehead atoms. The molecule has 2 atom stereocenters. The molecule has 1 fully saturated rings. The van der Waals surface area contributed by atoms with Gasteiger partial charge >= 0.3 is 16.4 Å². The number of nitrogens with one attached hydrogen (secondary N) is 1. The van der Waals surface area contributed by atoms with Crippen molar-refractivity contribution in [2.24, 2.45) is 10.9 Å². The molecule has 3 amide bonds. The highest BCUT2D eigenvalue weighted by Crippen LogP contribution is 2.24. The van der Waals surface area contributed by atoms with Gasteiger partial charge in [-0.25, -0.2) is 14.1 Å². The predicted octanol–water partition coefficient (Wildman–Crippen LogP) is -1.53. The Morgan fingerprint density at radius 2 is 2.17 bits per heavy atom. The van der Waals surface area contributed by atoms with E-state index in [0.717, 1.165) is 11.3 Å². The molecule has 0 unspecified atom stereocenters. The minimum Gasteiger partial charge on any atom is -0.447 e. The molecule has 160 valence electrons. The van der Waals surface area contributed by atoms with Crippen molar-refractivity contribution in [3.63, 3.8) is 0 Å². The van der Waals surface area contributed by atoms with E-state index in [1.165, 1.54) is 5.38 Å². The molecule has 0 aromatic carbocycles. The summed E-state index contributed by atoms with van der Waals surface area (Å²) in [4.78, 5) is 44.4. The third-order valence-corrected chi connectivity index (χ3v) is 5.47. The van der Waals surface area contributed by atoms with Gasteiger partial charge in [-0.1, -0.05) is 27.7 Å². The molecule has 2 rings (SSSR count). The zero-order chi connectivity index (χ0) is 21.8. The lowest BCUT2D eigenvalue weighted by Gasteiger charge is -2.43. The third kappa shape index (κ3) is 5.64. The first-order valence-corrected chi connectivity index (χ1v) is 11.4. The highest BCUT2D eigenvalue weighted by Gasteiger charge is 2.54. The molecule has 1 aromatic heterocycles. The molecule has 1 saturated heterocycles. The lowest BCUT2D eigenvalue weighted by atomic mass is 9.99. The van der Waals surface area contributed by atoms with Crippen LogP contribution in [0.4, 0.5) is 9.93 Å². The fourth-order valence-corrected chi connectivity index (χ4v) is 3.86. The number of primary amides is 1. The number of carbonyl (C=O) groups is 3. The largest absolute Gasteiger partial charge is 0.447 e. The lowest BCUT2D eigenvalue weighted by Crippen LogP contribution is -2.73. The molecule has 29 heavy (non-hydrogen) atoms. The molecule has 1 aliphatic rings. The standard InChI is InChI=1S/C12H15IN6O8S2/c13-1-2-27-18-7(5-4-28-11(14)16-5)9(20)17-8-6(3-26-12(15)22)19(10(8)21)29(23,24)25/h4,6,8H,1-3H2,(H2,14,16)(H2,15,22)(H,17,20)(H,23,24,25)/b18-7-/t6-,8+/m1/s1. The van der Waals surface area contributed by atoms with Crippen molar-refractivity contribution in [3.8, 4) is 0 Å². The van der Waals surface area contributed by atoms with Crippen LogP contribution in [0, 0.1) is 0 Å². The van der Waals surface area contributed by atoms with Gasteiger partial charge in [-0.2, -0.15) is 8.42 Å². The monoisotopic (exact) mass is 562 g/mol. The zero-order valence-electron chi connectivity index (χ0n) is 14.3. The molecule has 2 heterocycles. The van der Waals surface area contributed by atoms with Crippen LogP contribution in [0.25, 0.3) is 0 Å². The van der Waals surface area contributed by atoms with Gasteiger partial charge in [0.2, 0.25) is 0 Å². The number of hydrogen-bond acceptors (Lipinski definition) is 11. The van der Waals surface area contributed by atoms with Gasteiger partial charge in [0, 0.05) is 9.81 Å². The van der Waals surface area contributed by atoms with Crippen molar-refractivity contribution in [1.29, 1.82) is 0 Å². The Hall–Kier alpha value is -2.25. The van der Waals surface area contributed by atoms with Gasteiger partial charge in [-0.15, -0.1) is 11.3 Å². The topological polar surface area (TPSA) is 217 Å². The second-order valence-corrected chi connectivity index (χ2v) is 8.55. The van der Waals surface area contributed by atoms with Crippen molar-refractivity contribution in [1.82, 2.24) is 14.6 Å². The van der Waals surface area contributed by atoms with Crippen LogP contribution < -0.4 is 16.8 Å². The van der Waals surface area contributed by atoms with Gasteiger partial charge in [0.05, 0.1) is 0 Å². The highest BCUT2D eigenvalue weighted by molar-refractivity contribution is 14.1. The average molecular weight is 562 g/mol. The number of amides is 3. The summed E-state index contributed by atoms with van der Waals surface area (Å²) >= 11 is 3.06. The Bertz CT molecular complexity index is 935. The van der Waals surface area contributed by atoms with Gasteiger partial charge in [-0.05, 0) is 0 Å². The molecule has 6 N–H and O–H groups in total. The van der Waals surface area contributed by atoms with E-state index in [0.29, 0.717) is 4.43 Å². The number of thiazole rings is 1. The third-order valence-electron chi connectivity index (χ3n) is 3.40. The Morgan fingerprint density at radius 3 is 2.69 bits per heavy atom. The summed E-state index contributed by atoms with van der Waals surface area (Å²) in [5.74, 6) is -2.08. The first-order chi connectivity index (χ1) is 13.6. The minimum atomic E-state index is -4.95. The molecule has 0 spiro atoms. The van der Waals surface area contributed by atoms with E-state index in [2.05, 4.69) is 20.2 Å². The quantitative estimate of drug-likeness (QED) is 0.0518. The number of oxime groups is 1. The normalized spacial score (nSPS) is 19.4. The van der Waals surface area contributed by atoms with Crippen LogP contribution in [0.2, 0.25) is 0 Å². The van der Waals surface area contributed by atoms with E-state index in [1.54, 1.807) is 0 Å². The van der Waals surface area contributed by atoms with Crippen LogP contribution in [0.15, 0.2) is 10.5 Å². The van der Waals surface area contributed by atoms with Crippen LogP contribution in [0.5, 0.6) is 0 Å². The molecular formula is C12H15IN6O8S2. The van der Waals surface area contributed by atoms with E-state index in [-0.39, 0.29) is 27.4 Å². The summed E-state index contributed by atoms with van der Waals surface area (Å²) in [5.41, 5.74) is 10.1. The average Bonchev–Trinajstić information content (AvgIpc) is 3.04. The minimum absolute atomic E-state index is 0.0606. The molecule has 1 aromatic rings. The van der Waals surface area contributed by atoms with Gasteiger partial charge in [0.1, 0.15) is 31.0 Å². The number of anilines is 1. The maximum Gasteiger partial charge on any atom is 0.404 e. The maximum absolute atomic E-state index is 12.6. The summed E-state index contributed by atoms with van der Waals surface area (Å²) < 4.78 is 37.0. The number of hydrogen-bond donors (Lipinski definition) is 4. The number of rotatable bonds is 9. The smallest absolute Gasteiger partial charge is 0.404 e. The van der Waals surface area contributed by atoms with Crippen molar-refractivity contribution in [3.05, 3.63) is 11.1 Å². The zero-order valence-corrected chi connectivity index (χ0v) is 18.1. The SMILES string of the molecule is NC(=O)OC[C@@H]1[C@H](NC(=O)/C(=N\OCCI)c2csc(N)n2)C(=O)N1S(=O)(=O)O. The van der Waals surface area contributed by atoms with E-state index < -0.39 is 46.9 Å². The van der Waals surface area contributed by atoms with Crippen LogP contribution in [0.1, 0.15) is 5.69 Å². The van der Waals surface area contributed by atoms with Crippen LogP contribution in [-0.2, 0) is 29.5 Å². The van der Waals surface area contributed by atoms with E-state index in [1.807, 2.05) is 22.6 Å². The number of halogens is 1. The van der Waals surface area contributed by atoms with Crippen LogP contribution in [0.3, 0.4) is 0 Å². The number of ether oxygens (including phenoxy) is 1. The molecular weight excluding hydrogens is 547 g/mol. The second kappa shape index (κ2) is 9.50. The fraction of sp³-hybridized carbons (Fsp3) is 0.417. The summed E-state index contributed by atoms with van der Waals surface area (Å²) in [6.45, 7) is -0.502. The summed E-state index contributed by atoms with van der Waals surface area (Å²) in [5, 5.41) is 7.53. The molecule has 0 radical (unpaired) electrons. The van der Waals surface area contributed by atoms with Crippen molar-refractivity contribution in [2.75, 3.05) is 23.4 Å². The first-order valence-electron chi connectivity index (χ1n) is 7.57. The maximum atomic E-state index is 12.6. The van der Waals surface area contributed by atoms with Crippen LogP contribution >= 0.6 is 33.9 Å². The molecule has 17 heteroatoms. The number of aromatic nitrogens is 1. The number of alkyl halides is 1. The van der Waals surface area contributed by atoms with Gasteiger partial charge in [0.15, 0.2) is 10.8 Å². The number of nitrogen functional groups attached to an aromatic ring is 1. The second-order valence-electron chi connectivity index (χ2n) is 5.29. The van der Waals surface area contributed by atoms with Crippen LogP contribution in [-0.4, -0.2) is 75.6 Å². The number of nitrogens with two attached hydrogens (primary N) is 2. The summed E-state index contributed by atoms with van der Waals surface area (Å²) in [6, 6.07) is -2.86. The van der Waals surface area contributed by atoms with Gasteiger partial charge in [-0.3, -0.25) is 14.1 Å². The number of nitrogens with zero attached hydrogens (tertiary/aromatic N) is 3. The van der Waals surface area contributed by atoms with Crippen molar-refractivity contribution in [2.45, 2.75) is 12.1 Å². The molecule has 0 aliphatic carbocycles. The Kier molecular flexibility index (Phi) is 7.54. The van der Waals surface area contributed by atoms with Crippen molar-refractivity contribution >= 4 is 73.0 Å². The lowest BCUT2D eigenvalue weighted by molar-refractivity contribution is -0.146. The Balaban J connectivity index is 2.23. The van der Waals surface area contributed by atoms with Gasteiger partial charge < -0.3 is 26.4 Å².